The molecule has 9 heteroatoms. The normalized spacial score (nSPS) is 15.0. The van der Waals surface area contributed by atoms with E-state index in [0.717, 1.165) is 12.5 Å². The van der Waals surface area contributed by atoms with Crippen LogP contribution in [0.3, 0.4) is 0 Å². The highest BCUT2D eigenvalue weighted by atomic mass is 19.4. The van der Waals surface area contributed by atoms with E-state index in [4.69, 9.17) is 0 Å². The van der Waals surface area contributed by atoms with Gasteiger partial charge in [-0.15, -0.1) is 0 Å². The number of hydrogen-bond acceptors (Lipinski definition) is 0. The van der Waals surface area contributed by atoms with Crippen LogP contribution in [0.2, 0.25) is 0 Å². The average molecular weight is 383 g/mol. The smallest absolute Gasteiger partial charge is 0.194 e. The number of hydrogen-bond donors (Lipinski definition) is 0. The van der Waals surface area contributed by atoms with Crippen LogP contribution in [0.4, 0.5) is 39.5 Å². The van der Waals surface area contributed by atoms with Gasteiger partial charge in [0.05, 0.1) is 0 Å². The summed E-state index contributed by atoms with van der Waals surface area (Å²) in [6.07, 6.45) is -5.79. The van der Waals surface area contributed by atoms with Gasteiger partial charge in [0.25, 0.3) is 0 Å². The van der Waals surface area contributed by atoms with Crippen molar-refractivity contribution < 1.29 is 39.5 Å². The van der Waals surface area contributed by atoms with Gasteiger partial charge in [0.15, 0.2) is 0 Å². The van der Waals surface area contributed by atoms with Crippen molar-refractivity contribution in [2.45, 2.75) is 23.9 Å². The number of rotatable bonds is 3. The zero-order valence-electron chi connectivity index (χ0n) is 12.5. The van der Waals surface area contributed by atoms with Gasteiger partial charge in [0, 0.05) is 12.0 Å². The maximum Gasteiger partial charge on any atom is 0.460 e. The van der Waals surface area contributed by atoms with Crippen LogP contribution in [0, 0.1) is 6.42 Å². The molecule has 0 amide bonds. The van der Waals surface area contributed by atoms with Crippen LogP contribution >= 0.6 is 0 Å². The highest BCUT2D eigenvalue weighted by Gasteiger charge is 2.82. The standard InChI is InChI=1S/C17H8F9/c18-14(19,15(20,21)16(22,23)17(24,25)26)13-7-3-6-11-10-5-2-1-4-9(10)8-12(11)13/h1-8H. The largest absolute Gasteiger partial charge is 0.460 e. The molecular weight excluding hydrogens is 375 g/mol. The lowest BCUT2D eigenvalue weighted by Gasteiger charge is -2.34. The minimum atomic E-state index is -6.92. The third-order valence-corrected chi connectivity index (χ3v) is 4.14. The summed E-state index contributed by atoms with van der Waals surface area (Å²) in [4.78, 5) is 0. The first-order valence-corrected chi connectivity index (χ1v) is 7.10. The Bertz CT molecular complexity index is 850. The van der Waals surface area contributed by atoms with Gasteiger partial charge in [0.2, 0.25) is 0 Å². The zero-order chi connectivity index (χ0) is 19.5. The minimum Gasteiger partial charge on any atom is -0.194 e. The lowest BCUT2D eigenvalue weighted by molar-refractivity contribution is -0.399. The van der Waals surface area contributed by atoms with Crippen LogP contribution < -0.4 is 0 Å². The quantitative estimate of drug-likeness (QED) is 0.473. The number of benzene rings is 2. The Morgan fingerprint density at radius 1 is 0.577 bits per heavy atom. The van der Waals surface area contributed by atoms with Crippen molar-refractivity contribution >= 4 is 0 Å². The lowest BCUT2D eigenvalue weighted by Crippen LogP contribution is -2.59. The van der Waals surface area contributed by atoms with Crippen molar-refractivity contribution in [3.8, 4) is 11.1 Å². The Balaban J connectivity index is 2.16. The second-order valence-corrected chi connectivity index (χ2v) is 5.72. The van der Waals surface area contributed by atoms with Crippen LogP contribution in [-0.4, -0.2) is 18.0 Å². The molecule has 26 heavy (non-hydrogen) atoms. The highest BCUT2D eigenvalue weighted by Crippen LogP contribution is 2.58. The van der Waals surface area contributed by atoms with Crippen molar-refractivity contribution in [3.05, 3.63) is 65.6 Å². The Hall–Kier alpha value is -2.19. The first-order valence-electron chi connectivity index (χ1n) is 7.10. The summed E-state index contributed by atoms with van der Waals surface area (Å²) in [5.41, 5.74) is -1.33. The molecule has 0 saturated carbocycles. The van der Waals surface area contributed by atoms with E-state index in [0.29, 0.717) is 17.2 Å². The third-order valence-electron chi connectivity index (χ3n) is 4.14. The fourth-order valence-electron chi connectivity index (χ4n) is 2.80. The van der Waals surface area contributed by atoms with Gasteiger partial charge >= 0.3 is 23.9 Å². The molecule has 2 aromatic rings. The first kappa shape index (κ1) is 18.6. The highest BCUT2D eigenvalue weighted by molar-refractivity contribution is 5.82. The molecule has 0 heterocycles. The number of fused-ring (bicyclic) bond motifs is 3. The van der Waals surface area contributed by atoms with Gasteiger partial charge < -0.3 is 0 Å². The summed E-state index contributed by atoms with van der Waals surface area (Å²) >= 11 is 0. The van der Waals surface area contributed by atoms with Crippen LogP contribution in [0.1, 0.15) is 16.7 Å². The molecule has 0 saturated heterocycles. The van der Waals surface area contributed by atoms with Gasteiger partial charge in [-0.05, 0) is 22.3 Å². The van der Waals surface area contributed by atoms with E-state index in [1.807, 2.05) is 0 Å². The molecule has 1 aliphatic carbocycles. The molecule has 0 fully saturated rings. The van der Waals surface area contributed by atoms with E-state index in [-0.39, 0.29) is 5.56 Å². The van der Waals surface area contributed by atoms with Crippen molar-refractivity contribution in [1.29, 1.82) is 0 Å². The van der Waals surface area contributed by atoms with Gasteiger partial charge in [-0.25, -0.2) is 0 Å². The van der Waals surface area contributed by atoms with Crippen LogP contribution in [0.15, 0.2) is 42.5 Å². The SMILES string of the molecule is FC(F)(F)C(F)(F)C(F)(F)C(F)(F)c1cccc2c1[CH]c1ccccc1-2. The maximum absolute atomic E-state index is 14.3. The molecule has 0 nitrogen and oxygen atoms in total. The second kappa shape index (κ2) is 5.40. The molecular formula is C17H8F9. The van der Waals surface area contributed by atoms with E-state index in [2.05, 4.69) is 0 Å². The molecule has 0 aromatic heterocycles. The van der Waals surface area contributed by atoms with E-state index in [1.54, 1.807) is 6.07 Å². The Labute approximate surface area is 141 Å². The second-order valence-electron chi connectivity index (χ2n) is 5.72. The van der Waals surface area contributed by atoms with E-state index in [9.17, 15) is 39.5 Å². The monoisotopic (exact) mass is 383 g/mol. The van der Waals surface area contributed by atoms with E-state index >= 15 is 0 Å². The third kappa shape index (κ3) is 2.32. The van der Waals surface area contributed by atoms with E-state index in [1.165, 1.54) is 24.3 Å². The van der Waals surface area contributed by atoms with E-state index < -0.39 is 35.1 Å². The zero-order valence-corrected chi connectivity index (χ0v) is 12.5. The fraction of sp³-hybridized carbons (Fsp3) is 0.235. The summed E-state index contributed by atoms with van der Waals surface area (Å²) in [5, 5.41) is 0. The summed E-state index contributed by atoms with van der Waals surface area (Å²) in [7, 11) is 0. The van der Waals surface area contributed by atoms with Crippen LogP contribution in [0.25, 0.3) is 11.1 Å². The molecule has 0 bridgehead atoms. The topological polar surface area (TPSA) is 0 Å². The van der Waals surface area contributed by atoms with Crippen molar-refractivity contribution in [3.63, 3.8) is 0 Å². The molecule has 0 N–H and O–H groups in total. The Kier molecular flexibility index (Phi) is 3.86. The molecule has 3 rings (SSSR count). The van der Waals surface area contributed by atoms with Gasteiger partial charge in [-0.1, -0.05) is 42.5 Å². The molecule has 0 unspecified atom stereocenters. The Morgan fingerprint density at radius 2 is 1.15 bits per heavy atom. The molecule has 0 aliphatic heterocycles. The molecule has 1 radical (unpaired) electrons. The van der Waals surface area contributed by atoms with Crippen LogP contribution in [-0.2, 0) is 5.92 Å². The van der Waals surface area contributed by atoms with Crippen molar-refractivity contribution in [2.24, 2.45) is 0 Å². The molecule has 139 valence electrons. The Morgan fingerprint density at radius 3 is 1.77 bits per heavy atom. The average Bonchev–Trinajstić information content (AvgIpc) is 2.91. The molecule has 1 aliphatic rings. The van der Waals surface area contributed by atoms with Crippen LogP contribution in [0.5, 0.6) is 0 Å². The maximum atomic E-state index is 14.3. The van der Waals surface area contributed by atoms with Gasteiger partial charge in [0.1, 0.15) is 0 Å². The number of halogens is 9. The predicted octanol–water partition coefficient (Wildman–Crippen LogP) is 6.19. The van der Waals surface area contributed by atoms with Gasteiger partial charge in [-0.2, -0.15) is 39.5 Å². The molecule has 0 atom stereocenters. The molecule has 2 aromatic carbocycles. The minimum absolute atomic E-state index is 0.0453. The summed E-state index contributed by atoms with van der Waals surface area (Å²) in [6, 6.07) is 8.64. The summed E-state index contributed by atoms with van der Waals surface area (Å²) in [5.74, 6) is -19.4. The number of alkyl halides is 9. The lowest BCUT2D eigenvalue weighted by atomic mass is 9.91. The molecule has 0 spiro atoms. The summed E-state index contributed by atoms with van der Waals surface area (Å²) in [6.45, 7) is 0. The van der Waals surface area contributed by atoms with Crippen molar-refractivity contribution in [1.82, 2.24) is 0 Å². The predicted molar refractivity (Wildman–Crippen MR) is 74.2 cm³/mol. The fourth-order valence-corrected chi connectivity index (χ4v) is 2.80. The van der Waals surface area contributed by atoms with Crippen molar-refractivity contribution in [2.75, 3.05) is 0 Å². The summed E-state index contributed by atoms with van der Waals surface area (Å²) < 4.78 is 119. The van der Waals surface area contributed by atoms with Gasteiger partial charge in [-0.3, -0.25) is 0 Å². The first-order chi connectivity index (χ1) is 11.8.